The van der Waals surface area contributed by atoms with E-state index in [1.165, 1.54) is 0 Å². The number of hydrogen-bond acceptors (Lipinski definition) is 4. The van der Waals surface area contributed by atoms with Crippen LogP contribution in [-0.2, 0) is 6.54 Å². The van der Waals surface area contributed by atoms with E-state index in [2.05, 4.69) is 31.0 Å². The van der Waals surface area contributed by atoms with E-state index in [1.54, 1.807) is 16.7 Å². The van der Waals surface area contributed by atoms with Gasteiger partial charge in [0, 0.05) is 33.5 Å². The van der Waals surface area contributed by atoms with Crippen molar-refractivity contribution in [2.75, 3.05) is 31.1 Å². The standard InChI is InChI=1S/C29H32ClN3O2S/c1-4-32(5-2)18-20(3)17-31-28(34)22-13-14-27-25(16-22)33(19-21-9-8-10-23(30)15-21)29(35)24-11-6-7-12-26(24)36-27/h6-16,20H,4-5,17-19H2,1-3H3,(H,31,34)/t20-/m0/s1. The second kappa shape index (κ2) is 12.0. The molecule has 2 amide bonds. The Labute approximate surface area is 222 Å². The lowest BCUT2D eigenvalue weighted by Crippen LogP contribution is -2.35. The van der Waals surface area contributed by atoms with E-state index < -0.39 is 0 Å². The van der Waals surface area contributed by atoms with Gasteiger partial charge in [-0.3, -0.25) is 9.59 Å². The Kier molecular flexibility index (Phi) is 8.72. The van der Waals surface area contributed by atoms with Crippen LogP contribution in [-0.4, -0.2) is 42.9 Å². The molecule has 1 aliphatic rings. The molecule has 0 radical (unpaired) electrons. The Morgan fingerprint density at radius 2 is 1.81 bits per heavy atom. The summed E-state index contributed by atoms with van der Waals surface area (Å²) in [5.74, 6) is 0.106. The minimum absolute atomic E-state index is 0.0952. The number of hydrogen-bond donors (Lipinski definition) is 1. The SMILES string of the molecule is CCN(CC)C[C@@H](C)CNC(=O)c1ccc2c(c1)N(Cc1cccc(Cl)c1)C(=O)c1ccccc1S2. The summed E-state index contributed by atoms with van der Waals surface area (Å²) in [4.78, 5) is 32.8. The first kappa shape index (κ1) is 26.3. The maximum absolute atomic E-state index is 13.7. The van der Waals surface area contributed by atoms with Gasteiger partial charge in [0.05, 0.1) is 17.8 Å². The second-order valence-corrected chi connectivity index (χ2v) is 10.6. The van der Waals surface area contributed by atoms with Crippen molar-refractivity contribution in [1.82, 2.24) is 10.2 Å². The maximum Gasteiger partial charge on any atom is 0.259 e. The molecule has 1 heterocycles. The molecule has 1 N–H and O–H groups in total. The van der Waals surface area contributed by atoms with Crippen molar-refractivity contribution in [2.45, 2.75) is 37.1 Å². The van der Waals surface area contributed by atoms with Gasteiger partial charge in [0.25, 0.3) is 11.8 Å². The fourth-order valence-electron chi connectivity index (χ4n) is 4.39. The summed E-state index contributed by atoms with van der Waals surface area (Å²) in [5.41, 5.74) is 2.84. The van der Waals surface area contributed by atoms with Crippen molar-refractivity contribution in [3.63, 3.8) is 0 Å². The van der Waals surface area contributed by atoms with Crippen LogP contribution in [0.15, 0.2) is 76.5 Å². The second-order valence-electron chi connectivity index (χ2n) is 9.10. The van der Waals surface area contributed by atoms with E-state index in [4.69, 9.17) is 11.6 Å². The third-order valence-corrected chi connectivity index (χ3v) is 7.78. The molecule has 0 saturated carbocycles. The highest BCUT2D eigenvalue weighted by Crippen LogP contribution is 2.42. The van der Waals surface area contributed by atoms with Crippen LogP contribution in [0.4, 0.5) is 5.69 Å². The van der Waals surface area contributed by atoms with E-state index >= 15 is 0 Å². The van der Waals surface area contributed by atoms with E-state index in [-0.39, 0.29) is 11.8 Å². The van der Waals surface area contributed by atoms with E-state index in [0.29, 0.717) is 35.2 Å². The average Bonchev–Trinajstić information content (AvgIpc) is 3.00. The lowest BCUT2D eigenvalue weighted by Gasteiger charge is -2.24. The average molecular weight is 522 g/mol. The van der Waals surface area contributed by atoms with Crippen LogP contribution in [0.1, 0.15) is 47.1 Å². The van der Waals surface area contributed by atoms with E-state index in [1.807, 2.05) is 66.7 Å². The van der Waals surface area contributed by atoms with Crippen LogP contribution in [0.25, 0.3) is 0 Å². The van der Waals surface area contributed by atoms with E-state index in [9.17, 15) is 9.59 Å². The van der Waals surface area contributed by atoms with Gasteiger partial charge in [0.15, 0.2) is 0 Å². The largest absolute Gasteiger partial charge is 0.352 e. The topological polar surface area (TPSA) is 52.7 Å². The van der Waals surface area contributed by atoms with Gasteiger partial charge in [-0.1, -0.05) is 68.4 Å². The smallest absolute Gasteiger partial charge is 0.259 e. The lowest BCUT2D eigenvalue weighted by molar-refractivity contribution is 0.0941. The molecule has 4 rings (SSSR count). The number of carbonyl (C=O) groups excluding carboxylic acids is 2. The number of amides is 2. The number of carbonyl (C=O) groups is 2. The summed E-state index contributed by atoms with van der Waals surface area (Å²) in [7, 11) is 0. The number of fused-ring (bicyclic) bond motifs is 2. The molecule has 1 atom stereocenters. The highest BCUT2D eigenvalue weighted by Gasteiger charge is 2.28. The molecule has 1 aliphatic heterocycles. The van der Waals surface area contributed by atoms with Gasteiger partial charge in [0.1, 0.15) is 0 Å². The summed E-state index contributed by atoms with van der Waals surface area (Å²) >= 11 is 7.78. The fraction of sp³-hybridized carbons (Fsp3) is 0.310. The molecule has 0 saturated heterocycles. The summed E-state index contributed by atoms with van der Waals surface area (Å²) in [6, 6.07) is 20.8. The molecular formula is C29H32ClN3O2S. The Morgan fingerprint density at radius 3 is 2.56 bits per heavy atom. The molecule has 7 heteroatoms. The quantitative estimate of drug-likeness (QED) is 0.356. The Hall–Kier alpha value is -2.80. The normalized spacial score (nSPS) is 13.7. The molecule has 0 fully saturated rings. The third-order valence-electron chi connectivity index (χ3n) is 6.40. The summed E-state index contributed by atoms with van der Waals surface area (Å²) < 4.78 is 0. The summed E-state index contributed by atoms with van der Waals surface area (Å²) in [6.07, 6.45) is 0. The van der Waals surface area contributed by atoms with Gasteiger partial charge in [-0.25, -0.2) is 0 Å². The molecule has 0 aliphatic carbocycles. The molecule has 5 nitrogen and oxygen atoms in total. The zero-order valence-corrected chi connectivity index (χ0v) is 22.5. The molecule has 0 bridgehead atoms. The van der Waals surface area contributed by atoms with Crippen LogP contribution in [0, 0.1) is 5.92 Å². The predicted molar refractivity (Wildman–Crippen MR) is 148 cm³/mol. The minimum atomic E-state index is -0.133. The van der Waals surface area contributed by atoms with E-state index in [0.717, 1.165) is 40.7 Å². The summed E-state index contributed by atoms with van der Waals surface area (Å²) in [6.45, 7) is 10.3. The molecule has 36 heavy (non-hydrogen) atoms. The van der Waals surface area contributed by atoms with Crippen LogP contribution < -0.4 is 10.2 Å². The highest BCUT2D eigenvalue weighted by molar-refractivity contribution is 7.99. The molecule has 188 valence electrons. The Balaban J connectivity index is 1.62. The van der Waals surface area contributed by atoms with Crippen molar-refractivity contribution in [3.8, 4) is 0 Å². The van der Waals surface area contributed by atoms with Crippen molar-refractivity contribution in [3.05, 3.63) is 88.4 Å². The van der Waals surface area contributed by atoms with Crippen molar-refractivity contribution in [1.29, 1.82) is 0 Å². The lowest BCUT2D eigenvalue weighted by atomic mass is 10.1. The fourth-order valence-corrected chi connectivity index (χ4v) is 5.66. The first-order valence-electron chi connectivity index (χ1n) is 12.4. The van der Waals surface area contributed by atoms with Crippen molar-refractivity contribution < 1.29 is 9.59 Å². The number of anilines is 1. The van der Waals surface area contributed by atoms with Gasteiger partial charge in [-0.05, 0) is 67.0 Å². The zero-order valence-electron chi connectivity index (χ0n) is 21.0. The number of nitrogens with one attached hydrogen (secondary N) is 1. The molecule has 0 unspecified atom stereocenters. The Bertz CT molecular complexity index is 1240. The molecule has 0 spiro atoms. The van der Waals surface area contributed by atoms with Crippen LogP contribution in [0.3, 0.4) is 0 Å². The number of benzene rings is 3. The third kappa shape index (κ3) is 6.12. The van der Waals surface area contributed by atoms with Gasteiger partial charge < -0.3 is 15.1 Å². The molecule has 3 aromatic rings. The summed E-state index contributed by atoms with van der Waals surface area (Å²) in [5, 5.41) is 3.70. The zero-order chi connectivity index (χ0) is 25.7. The number of nitrogens with zero attached hydrogens (tertiary/aromatic N) is 2. The Morgan fingerprint density at radius 1 is 1.03 bits per heavy atom. The molecule has 0 aromatic heterocycles. The van der Waals surface area contributed by atoms with Crippen LogP contribution in [0.2, 0.25) is 5.02 Å². The predicted octanol–water partition coefficient (Wildman–Crippen LogP) is 6.36. The first-order chi connectivity index (χ1) is 17.4. The molecular weight excluding hydrogens is 490 g/mol. The van der Waals surface area contributed by atoms with Crippen molar-refractivity contribution in [2.24, 2.45) is 5.92 Å². The first-order valence-corrected chi connectivity index (χ1v) is 13.6. The van der Waals surface area contributed by atoms with Crippen molar-refractivity contribution >= 4 is 40.9 Å². The number of rotatable bonds is 9. The maximum atomic E-state index is 13.7. The van der Waals surface area contributed by atoms with Crippen LogP contribution in [0.5, 0.6) is 0 Å². The van der Waals surface area contributed by atoms with Gasteiger partial charge in [-0.2, -0.15) is 0 Å². The van der Waals surface area contributed by atoms with Gasteiger partial charge in [0.2, 0.25) is 0 Å². The molecule has 3 aromatic carbocycles. The van der Waals surface area contributed by atoms with Gasteiger partial charge in [-0.15, -0.1) is 0 Å². The monoisotopic (exact) mass is 521 g/mol. The van der Waals surface area contributed by atoms with Gasteiger partial charge >= 0.3 is 0 Å². The number of halogens is 1. The highest BCUT2D eigenvalue weighted by atomic mass is 35.5. The van der Waals surface area contributed by atoms with Crippen LogP contribution >= 0.6 is 23.4 Å². The minimum Gasteiger partial charge on any atom is -0.352 e.